The van der Waals surface area contributed by atoms with Crippen molar-refractivity contribution in [1.29, 1.82) is 0 Å². The summed E-state index contributed by atoms with van der Waals surface area (Å²) in [6.45, 7) is 1.84. The van der Waals surface area contributed by atoms with Gasteiger partial charge in [0.15, 0.2) is 5.82 Å². The maximum Gasteiger partial charge on any atom is 0.416 e. The van der Waals surface area contributed by atoms with E-state index in [-0.39, 0.29) is 24.0 Å². The molecule has 7 nitrogen and oxygen atoms in total. The molecule has 0 spiro atoms. The van der Waals surface area contributed by atoms with Crippen molar-refractivity contribution in [1.82, 2.24) is 25.5 Å². The zero-order valence-corrected chi connectivity index (χ0v) is 18.2. The van der Waals surface area contributed by atoms with Crippen LogP contribution in [0, 0.1) is 17.8 Å². The number of halogens is 3. The predicted molar refractivity (Wildman–Crippen MR) is 109 cm³/mol. The lowest BCUT2D eigenvalue weighted by molar-refractivity contribution is -0.137. The zero-order valence-electron chi connectivity index (χ0n) is 18.2. The summed E-state index contributed by atoms with van der Waals surface area (Å²) in [5, 5.41) is 14.9. The van der Waals surface area contributed by atoms with Gasteiger partial charge in [-0.05, 0) is 86.8 Å². The fourth-order valence-electron chi connectivity index (χ4n) is 5.05. The van der Waals surface area contributed by atoms with Gasteiger partial charge in [-0.1, -0.05) is 0 Å². The summed E-state index contributed by atoms with van der Waals surface area (Å²) in [6.07, 6.45) is 0.958. The van der Waals surface area contributed by atoms with Gasteiger partial charge in [0.25, 0.3) is 0 Å². The number of hydrogen-bond donors (Lipinski definition) is 1. The molecule has 0 aliphatic heterocycles. The first-order valence-corrected chi connectivity index (χ1v) is 11.1. The molecular weight excluding hydrogens is 423 g/mol. The maximum absolute atomic E-state index is 12.8. The molecule has 4 rings (SSSR count). The fourth-order valence-corrected chi connectivity index (χ4v) is 5.05. The molecule has 1 N–H and O–H groups in total. The highest BCUT2D eigenvalue weighted by atomic mass is 19.4. The Balaban J connectivity index is 1.34. The summed E-state index contributed by atoms with van der Waals surface area (Å²) in [5.74, 6) is 1.58. The fraction of sp³-hybridized carbons (Fsp3) is 0.636. The zero-order chi connectivity index (χ0) is 22.9. The third kappa shape index (κ3) is 5.05. The van der Waals surface area contributed by atoms with Crippen LogP contribution in [0.5, 0.6) is 5.75 Å². The molecule has 5 atom stereocenters. The van der Waals surface area contributed by atoms with Gasteiger partial charge in [-0.3, -0.25) is 4.79 Å². The highest BCUT2D eigenvalue weighted by molar-refractivity contribution is 5.79. The second-order valence-corrected chi connectivity index (χ2v) is 8.91. The molecule has 0 saturated heterocycles. The van der Waals surface area contributed by atoms with Gasteiger partial charge in [-0.2, -0.15) is 18.0 Å². The molecule has 0 bridgehead atoms. The van der Waals surface area contributed by atoms with E-state index >= 15 is 0 Å². The topological polar surface area (TPSA) is 81.9 Å². The van der Waals surface area contributed by atoms with E-state index in [1.54, 1.807) is 7.05 Å². The first kappa shape index (κ1) is 22.5. The molecule has 1 heterocycles. The van der Waals surface area contributed by atoms with E-state index in [0.717, 1.165) is 50.7 Å². The van der Waals surface area contributed by atoms with E-state index in [0.29, 0.717) is 23.4 Å². The van der Waals surface area contributed by atoms with E-state index in [1.165, 1.54) is 16.9 Å². The number of benzene rings is 1. The highest BCUT2D eigenvalue weighted by Gasteiger charge is 2.41. The van der Waals surface area contributed by atoms with Crippen LogP contribution < -0.4 is 10.1 Å². The second kappa shape index (κ2) is 9.07. The molecule has 32 heavy (non-hydrogen) atoms. The quantitative estimate of drug-likeness (QED) is 0.741. The van der Waals surface area contributed by atoms with Crippen LogP contribution in [0.1, 0.15) is 62.9 Å². The molecule has 2 aromatic rings. The number of rotatable bonds is 5. The summed E-state index contributed by atoms with van der Waals surface area (Å²) in [7, 11) is 1.68. The number of alkyl halides is 3. The number of ether oxygens (including phenoxy) is 1. The Morgan fingerprint density at radius 3 is 2.59 bits per heavy atom. The van der Waals surface area contributed by atoms with Crippen molar-refractivity contribution in [2.45, 2.75) is 63.8 Å². The average molecular weight is 451 g/mol. The number of carbonyl (C=O) groups is 1. The number of nitrogens with zero attached hydrogens (tertiary/aromatic N) is 4. The van der Waals surface area contributed by atoms with Crippen molar-refractivity contribution in [3.8, 4) is 5.75 Å². The molecule has 1 aromatic carbocycles. The van der Waals surface area contributed by atoms with E-state index in [9.17, 15) is 18.0 Å². The summed E-state index contributed by atoms with van der Waals surface area (Å²) < 4.78 is 44.5. The van der Waals surface area contributed by atoms with Gasteiger partial charge in [0.1, 0.15) is 11.9 Å². The third-order valence-corrected chi connectivity index (χ3v) is 6.69. The van der Waals surface area contributed by atoms with Crippen molar-refractivity contribution in [2.24, 2.45) is 24.8 Å². The molecule has 10 heteroatoms. The molecule has 2 aliphatic carbocycles. The Morgan fingerprint density at radius 2 is 1.94 bits per heavy atom. The molecular formula is C22H28F3N5O2. The lowest BCUT2D eigenvalue weighted by Crippen LogP contribution is -2.43. The Kier molecular flexibility index (Phi) is 6.39. The lowest BCUT2D eigenvalue weighted by Gasteiger charge is -2.43. The molecule has 2 aliphatic rings. The first-order valence-electron chi connectivity index (χ1n) is 11.1. The largest absolute Gasteiger partial charge is 0.490 e. The van der Waals surface area contributed by atoms with Crippen LogP contribution in [-0.2, 0) is 18.0 Å². The SMILES string of the molecule is CC(NC(=O)C1CCC2C(CCCC2Oc2ccc(C(F)(F)F)cc2)C1)c1nnn(C)n1. The van der Waals surface area contributed by atoms with Crippen molar-refractivity contribution in [2.75, 3.05) is 0 Å². The van der Waals surface area contributed by atoms with Gasteiger partial charge in [-0.15, -0.1) is 10.2 Å². The van der Waals surface area contributed by atoms with Crippen molar-refractivity contribution in [3.63, 3.8) is 0 Å². The normalized spacial score (nSPS) is 26.8. The van der Waals surface area contributed by atoms with Crippen molar-refractivity contribution >= 4 is 5.91 Å². The number of nitrogens with one attached hydrogen (secondary N) is 1. The van der Waals surface area contributed by atoms with Crippen LogP contribution in [0.3, 0.4) is 0 Å². The van der Waals surface area contributed by atoms with E-state index in [4.69, 9.17) is 4.74 Å². The minimum Gasteiger partial charge on any atom is -0.490 e. The van der Waals surface area contributed by atoms with Gasteiger partial charge < -0.3 is 10.1 Å². The smallest absolute Gasteiger partial charge is 0.416 e. The summed E-state index contributed by atoms with van der Waals surface area (Å²) >= 11 is 0. The van der Waals surface area contributed by atoms with Crippen LogP contribution in [0.25, 0.3) is 0 Å². The third-order valence-electron chi connectivity index (χ3n) is 6.69. The number of carbonyl (C=O) groups excluding carboxylic acids is 1. The number of hydrogen-bond acceptors (Lipinski definition) is 5. The molecule has 0 radical (unpaired) electrons. The van der Waals surface area contributed by atoms with Crippen LogP contribution in [-0.4, -0.2) is 32.2 Å². The van der Waals surface area contributed by atoms with Gasteiger partial charge in [-0.25, -0.2) is 0 Å². The standard InChI is InChI=1S/C22H28F3N5O2/c1-13(20-27-29-30(2)28-20)26-21(31)15-6-11-18-14(12-15)4-3-5-19(18)32-17-9-7-16(8-10-17)22(23,24)25/h7-10,13-15,18-19H,3-6,11-12H2,1-2H3,(H,26,31). The molecule has 1 amide bonds. The second-order valence-electron chi connectivity index (χ2n) is 8.91. The summed E-state index contributed by atoms with van der Waals surface area (Å²) in [6, 6.07) is 4.60. The van der Waals surface area contributed by atoms with Gasteiger partial charge in [0, 0.05) is 5.92 Å². The van der Waals surface area contributed by atoms with Crippen LogP contribution >= 0.6 is 0 Å². The van der Waals surface area contributed by atoms with E-state index in [2.05, 4.69) is 20.7 Å². The minimum atomic E-state index is -4.35. The first-order chi connectivity index (χ1) is 15.2. The van der Waals surface area contributed by atoms with Crippen LogP contribution in [0.4, 0.5) is 13.2 Å². The van der Waals surface area contributed by atoms with Crippen LogP contribution in [0.2, 0.25) is 0 Å². The van der Waals surface area contributed by atoms with E-state index < -0.39 is 11.7 Å². The Hall–Kier alpha value is -2.65. The molecule has 5 unspecified atom stereocenters. The Bertz CT molecular complexity index is 930. The minimum absolute atomic E-state index is 0.00850. The van der Waals surface area contributed by atoms with Gasteiger partial charge in [0.05, 0.1) is 18.7 Å². The molecule has 1 aromatic heterocycles. The lowest BCUT2D eigenvalue weighted by atomic mass is 9.66. The number of aryl methyl sites for hydroxylation is 1. The van der Waals surface area contributed by atoms with E-state index in [1.807, 2.05) is 6.92 Å². The van der Waals surface area contributed by atoms with Gasteiger partial charge >= 0.3 is 6.18 Å². The van der Waals surface area contributed by atoms with Crippen LogP contribution in [0.15, 0.2) is 24.3 Å². The predicted octanol–water partition coefficient (Wildman–Crippen LogP) is 4.07. The number of aromatic nitrogens is 4. The molecule has 2 fully saturated rings. The Labute approximate surface area is 184 Å². The molecule has 174 valence electrons. The van der Waals surface area contributed by atoms with Crippen molar-refractivity contribution in [3.05, 3.63) is 35.7 Å². The number of tetrazole rings is 1. The highest BCUT2D eigenvalue weighted by Crippen LogP contribution is 2.44. The summed E-state index contributed by atoms with van der Waals surface area (Å²) in [5.41, 5.74) is -0.677. The number of fused-ring (bicyclic) bond motifs is 1. The summed E-state index contributed by atoms with van der Waals surface area (Å²) in [4.78, 5) is 14.2. The van der Waals surface area contributed by atoms with Gasteiger partial charge in [0.2, 0.25) is 5.91 Å². The van der Waals surface area contributed by atoms with Crippen molar-refractivity contribution < 1.29 is 22.7 Å². The monoisotopic (exact) mass is 451 g/mol. The Morgan fingerprint density at radius 1 is 1.19 bits per heavy atom. The maximum atomic E-state index is 12.8. The average Bonchev–Trinajstić information content (AvgIpc) is 3.20. The number of amides is 1. The molecule has 2 saturated carbocycles.